The molecule has 0 saturated carbocycles. The van der Waals surface area contributed by atoms with E-state index in [2.05, 4.69) is 34.6 Å². The SMILES string of the molecule is CCCCCCCCCCCCC(=O)O[C@H](COC(=O)CCCCCCCCCCC(C)C)COC(=O)CCCCCCCCC(C)CC. The highest BCUT2D eigenvalue weighted by atomic mass is 16.6. The number of ether oxygens (including phenoxy) is 3. The Morgan fingerprint density at radius 1 is 0.429 bits per heavy atom. The molecular weight excluding hydrogens is 612 g/mol. The summed E-state index contributed by atoms with van der Waals surface area (Å²) in [4.78, 5) is 37.5. The molecular formula is C43H82O6. The van der Waals surface area contributed by atoms with Gasteiger partial charge >= 0.3 is 17.9 Å². The lowest BCUT2D eigenvalue weighted by Crippen LogP contribution is -2.30. The predicted molar refractivity (Wildman–Crippen MR) is 206 cm³/mol. The molecule has 0 heterocycles. The number of carbonyl (C=O) groups is 3. The normalized spacial score (nSPS) is 12.6. The van der Waals surface area contributed by atoms with Crippen molar-refractivity contribution in [1.29, 1.82) is 0 Å². The standard InChI is InChI=1S/C43H82O6/c1-6-8-9-10-11-12-13-18-25-30-35-43(46)49-40(37-48-42(45)34-29-24-20-19-22-27-32-39(5)7-2)36-47-41(44)33-28-23-17-15-14-16-21-26-31-38(3)4/h38-40H,6-37H2,1-5H3/t39?,40-/m1/s1. The largest absolute Gasteiger partial charge is 0.462 e. The van der Waals surface area contributed by atoms with Gasteiger partial charge in [-0.25, -0.2) is 0 Å². The Morgan fingerprint density at radius 3 is 1.16 bits per heavy atom. The molecule has 6 nitrogen and oxygen atoms in total. The zero-order valence-electron chi connectivity index (χ0n) is 33.3. The molecule has 0 spiro atoms. The number of hydrogen-bond donors (Lipinski definition) is 0. The van der Waals surface area contributed by atoms with Crippen LogP contribution < -0.4 is 0 Å². The van der Waals surface area contributed by atoms with Gasteiger partial charge in [-0.15, -0.1) is 0 Å². The molecule has 0 rings (SSSR count). The van der Waals surface area contributed by atoms with Crippen LogP contribution in [0.15, 0.2) is 0 Å². The Hall–Kier alpha value is -1.59. The molecule has 1 unspecified atom stereocenters. The van der Waals surface area contributed by atoms with Crippen LogP contribution in [0.3, 0.4) is 0 Å². The fourth-order valence-corrected chi connectivity index (χ4v) is 6.19. The quantitative estimate of drug-likeness (QED) is 0.0366. The smallest absolute Gasteiger partial charge is 0.306 e. The van der Waals surface area contributed by atoms with Gasteiger partial charge in [-0.3, -0.25) is 14.4 Å². The highest BCUT2D eigenvalue weighted by Gasteiger charge is 2.19. The maximum Gasteiger partial charge on any atom is 0.306 e. The molecule has 0 aliphatic heterocycles. The summed E-state index contributed by atoms with van der Waals surface area (Å²) in [7, 11) is 0. The van der Waals surface area contributed by atoms with Crippen LogP contribution >= 0.6 is 0 Å². The van der Waals surface area contributed by atoms with Crippen LogP contribution in [-0.4, -0.2) is 37.2 Å². The van der Waals surface area contributed by atoms with Crippen molar-refractivity contribution in [3.05, 3.63) is 0 Å². The van der Waals surface area contributed by atoms with Gasteiger partial charge in [0.15, 0.2) is 6.10 Å². The van der Waals surface area contributed by atoms with Crippen LogP contribution in [0.5, 0.6) is 0 Å². The van der Waals surface area contributed by atoms with Crippen molar-refractivity contribution in [2.24, 2.45) is 11.8 Å². The molecule has 0 radical (unpaired) electrons. The molecule has 0 aliphatic carbocycles. The van der Waals surface area contributed by atoms with Crippen LogP contribution in [0.2, 0.25) is 0 Å². The summed E-state index contributed by atoms with van der Waals surface area (Å²) in [6, 6.07) is 0. The first-order valence-electron chi connectivity index (χ1n) is 21.3. The summed E-state index contributed by atoms with van der Waals surface area (Å²) < 4.78 is 16.6. The molecule has 0 aromatic heterocycles. The first-order valence-corrected chi connectivity index (χ1v) is 21.3. The molecule has 0 saturated heterocycles. The lowest BCUT2D eigenvalue weighted by atomic mass is 10.00. The Morgan fingerprint density at radius 2 is 0.776 bits per heavy atom. The summed E-state index contributed by atoms with van der Waals surface area (Å²) in [5.74, 6) is 0.744. The van der Waals surface area contributed by atoms with Crippen LogP contribution in [0, 0.1) is 11.8 Å². The molecule has 0 aliphatic rings. The van der Waals surface area contributed by atoms with Crippen LogP contribution in [0.4, 0.5) is 0 Å². The second-order valence-corrected chi connectivity index (χ2v) is 15.3. The van der Waals surface area contributed by atoms with Gasteiger partial charge in [0.05, 0.1) is 0 Å². The molecule has 0 N–H and O–H groups in total. The van der Waals surface area contributed by atoms with E-state index in [0.717, 1.165) is 69.6 Å². The second kappa shape index (κ2) is 36.2. The van der Waals surface area contributed by atoms with Crippen LogP contribution in [0.25, 0.3) is 0 Å². The van der Waals surface area contributed by atoms with E-state index in [1.165, 1.54) is 116 Å². The van der Waals surface area contributed by atoms with Crippen molar-refractivity contribution in [3.8, 4) is 0 Å². The van der Waals surface area contributed by atoms with Gasteiger partial charge in [0.1, 0.15) is 13.2 Å². The maximum atomic E-state index is 12.6. The summed E-state index contributed by atoms with van der Waals surface area (Å²) in [5.41, 5.74) is 0. The number of carbonyl (C=O) groups excluding carboxylic acids is 3. The minimum absolute atomic E-state index is 0.0666. The minimum atomic E-state index is -0.760. The Kier molecular flexibility index (Phi) is 35.0. The fraction of sp³-hybridized carbons (Fsp3) is 0.930. The van der Waals surface area contributed by atoms with Crippen molar-refractivity contribution in [3.63, 3.8) is 0 Å². The lowest BCUT2D eigenvalue weighted by molar-refractivity contribution is -0.167. The number of hydrogen-bond acceptors (Lipinski definition) is 6. The molecule has 0 aromatic rings. The van der Waals surface area contributed by atoms with Gasteiger partial charge in [-0.2, -0.15) is 0 Å². The fourth-order valence-electron chi connectivity index (χ4n) is 6.19. The maximum absolute atomic E-state index is 12.6. The van der Waals surface area contributed by atoms with Gasteiger partial charge in [0.2, 0.25) is 0 Å². The van der Waals surface area contributed by atoms with Crippen molar-refractivity contribution in [2.75, 3.05) is 13.2 Å². The third-order valence-electron chi connectivity index (χ3n) is 9.83. The lowest BCUT2D eigenvalue weighted by Gasteiger charge is -2.18. The van der Waals surface area contributed by atoms with Gasteiger partial charge in [-0.05, 0) is 31.1 Å². The monoisotopic (exact) mass is 695 g/mol. The Balaban J connectivity index is 4.36. The first kappa shape index (κ1) is 47.4. The summed E-state index contributed by atoms with van der Waals surface area (Å²) in [6.45, 7) is 11.2. The highest BCUT2D eigenvalue weighted by molar-refractivity contribution is 5.71. The first-order chi connectivity index (χ1) is 23.8. The topological polar surface area (TPSA) is 78.9 Å². The zero-order valence-corrected chi connectivity index (χ0v) is 33.3. The number of rotatable bonds is 37. The van der Waals surface area contributed by atoms with E-state index in [-0.39, 0.29) is 31.1 Å². The van der Waals surface area contributed by atoms with E-state index in [4.69, 9.17) is 14.2 Å². The van der Waals surface area contributed by atoms with Crippen LogP contribution in [0.1, 0.15) is 227 Å². The van der Waals surface area contributed by atoms with Gasteiger partial charge in [-0.1, -0.05) is 189 Å². The van der Waals surface area contributed by atoms with E-state index in [1.807, 2.05) is 0 Å². The van der Waals surface area contributed by atoms with E-state index in [1.54, 1.807) is 0 Å². The minimum Gasteiger partial charge on any atom is -0.462 e. The molecule has 6 heteroatoms. The summed E-state index contributed by atoms with van der Waals surface area (Å²) in [6.07, 6.45) is 32.3. The summed E-state index contributed by atoms with van der Waals surface area (Å²) in [5, 5.41) is 0. The number of esters is 3. The number of unbranched alkanes of at least 4 members (excludes halogenated alkanes) is 21. The van der Waals surface area contributed by atoms with Crippen molar-refractivity contribution >= 4 is 17.9 Å². The van der Waals surface area contributed by atoms with E-state index >= 15 is 0 Å². The Bertz CT molecular complexity index is 751. The zero-order chi connectivity index (χ0) is 36.2. The van der Waals surface area contributed by atoms with Gasteiger partial charge < -0.3 is 14.2 Å². The molecule has 0 fully saturated rings. The molecule has 49 heavy (non-hydrogen) atoms. The van der Waals surface area contributed by atoms with Crippen molar-refractivity contribution in [1.82, 2.24) is 0 Å². The van der Waals surface area contributed by atoms with Crippen molar-refractivity contribution < 1.29 is 28.6 Å². The third-order valence-corrected chi connectivity index (χ3v) is 9.83. The highest BCUT2D eigenvalue weighted by Crippen LogP contribution is 2.16. The van der Waals surface area contributed by atoms with Gasteiger partial charge in [0.25, 0.3) is 0 Å². The van der Waals surface area contributed by atoms with E-state index in [0.29, 0.717) is 19.3 Å². The van der Waals surface area contributed by atoms with Crippen molar-refractivity contribution in [2.45, 2.75) is 233 Å². The average molecular weight is 695 g/mol. The third kappa shape index (κ3) is 36.0. The average Bonchev–Trinajstić information content (AvgIpc) is 3.08. The molecule has 0 amide bonds. The van der Waals surface area contributed by atoms with Gasteiger partial charge in [0, 0.05) is 19.3 Å². The van der Waals surface area contributed by atoms with Crippen LogP contribution in [-0.2, 0) is 28.6 Å². The summed E-state index contributed by atoms with van der Waals surface area (Å²) >= 11 is 0. The molecule has 290 valence electrons. The Labute approximate surface area is 304 Å². The van der Waals surface area contributed by atoms with E-state index in [9.17, 15) is 14.4 Å². The predicted octanol–water partition coefficient (Wildman–Crippen LogP) is 13.0. The molecule has 0 aromatic carbocycles. The molecule has 2 atom stereocenters. The molecule has 0 bridgehead atoms. The van der Waals surface area contributed by atoms with E-state index < -0.39 is 6.10 Å². The second-order valence-electron chi connectivity index (χ2n) is 15.3.